The highest BCUT2D eigenvalue weighted by atomic mass is 16.6. The van der Waals surface area contributed by atoms with E-state index < -0.39 is 10.8 Å². The summed E-state index contributed by atoms with van der Waals surface area (Å²) in [5.74, 6) is -0.146. The number of allylic oxidation sites excluding steroid dienone is 2. The van der Waals surface area contributed by atoms with E-state index in [1.807, 2.05) is 0 Å². The van der Waals surface area contributed by atoms with Gasteiger partial charge in [0.2, 0.25) is 0 Å². The molecule has 1 amide bonds. The minimum absolute atomic E-state index is 0.0972. The van der Waals surface area contributed by atoms with Crippen molar-refractivity contribution >= 4 is 17.9 Å². The smallest absolute Gasteiger partial charge is 0.283 e. The van der Waals surface area contributed by atoms with Gasteiger partial charge in [0.05, 0.1) is 10.5 Å². The van der Waals surface area contributed by atoms with Crippen LogP contribution in [0.3, 0.4) is 0 Å². The van der Waals surface area contributed by atoms with Crippen molar-refractivity contribution in [2.45, 2.75) is 6.42 Å². The van der Waals surface area contributed by atoms with Crippen LogP contribution < -0.4 is 5.73 Å². The summed E-state index contributed by atoms with van der Waals surface area (Å²) in [5, 5.41) is 10.5. The van der Waals surface area contributed by atoms with Gasteiger partial charge in [0.25, 0.3) is 11.6 Å². The highest BCUT2D eigenvalue weighted by molar-refractivity contribution is 5.96. The second kappa shape index (κ2) is 3.61. The molecule has 82 valence electrons. The number of aromatic amines is 1. The van der Waals surface area contributed by atoms with Gasteiger partial charge in [-0.3, -0.25) is 14.9 Å². The van der Waals surface area contributed by atoms with E-state index in [1.165, 1.54) is 12.3 Å². The fourth-order valence-corrected chi connectivity index (χ4v) is 1.50. The summed E-state index contributed by atoms with van der Waals surface area (Å²) in [5.41, 5.74) is 5.96. The SMILES string of the molecule is NC(=O)c1c[nH]c2c1CC=C([N+](=O)[O-])C=N2. The molecule has 7 heteroatoms. The third kappa shape index (κ3) is 1.58. The normalized spacial score (nSPS) is 13.9. The molecule has 0 saturated carbocycles. The van der Waals surface area contributed by atoms with Crippen molar-refractivity contribution in [1.29, 1.82) is 0 Å². The van der Waals surface area contributed by atoms with E-state index in [1.54, 1.807) is 0 Å². The van der Waals surface area contributed by atoms with Gasteiger partial charge in [-0.1, -0.05) is 0 Å². The summed E-state index contributed by atoms with van der Waals surface area (Å²) in [7, 11) is 0. The minimum Gasteiger partial charge on any atom is -0.366 e. The van der Waals surface area contributed by atoms with E-state index in [2.05, 4.69) is 9.98 Å². The van der Waals surface area contributed by atoms with Gasteiger partial charge in [-0.15, -0.1) is 0 Å². The van der Waals surface area contributed by atoms with Crippen LogP contribution in [0.5, 0.6) is 0 Å². The average Bonchev–Trinajstić information content (AvgIpc) is 2.50. The first-order valence-corrected chi connectivity index (χ1v) is 4.48. The number of aliphatic imine (C=N–C) groups is 1. The average molecular weight is 220 g/mol. The zero-order valence-corrected chi connectivity index (χ0v) is 8.14. The molecule has 0 fully saturated rings. The fourth-order valence-electron chi connectivity index (χ4n) is 1.50. The van der Waals surface area contributed by atoms with Crippen LogP contribution in [0.2, 0.25) is 0 Å². The molecule has 1 aromatic heterocycles. The maximum Gasteiger partial charge on any atom is 0.283 e. The number of hydrogen-bond donors (Lipinski definition) is 2. The van der Waals surface area contributed by atoms with E-state index in [0.29, 0.717) is 16.9 Å². The van der Waals surface area contributed by atoms with Crippen molar-refractivity contribution in [3.05, 3.63) is 39.2 Å². The topological polar surface area (TPSA) is 114 Å². The first-order chi connectivity index (χ1) is 7.59. The highest BCUT2D eigenvalue weighted by Gasteiger charge is 2.18. The maximum absolute atomic E-state index is 11.1. The molecular weight excluding hydrogens is 212 g/mol. The number of H-pyrrole nitrogens is 1. The monoisotopic (exact) mass is 220 g/mol. The predicted molar refractivity (Wildman–Crippen MR) is 56.2 cm³/mol. The molecule has 0 unspecified atom stereocenters. The number of aromatic nitrogens is 1. The van der Waals surface area contributed by atoms with Crippen LogP contribution in [-0.2, 0) is 6.42 Å². The van der Waals surface area contributed by atoms with Crippen molar-refractivity contribution in [2.75, 3.05) is 0 Å². The lowest BCUT2D eigenvalue weighted by Crippen LogP contribution is -2.11. The summed E-state index contributed by atoms with van der Waals surface area (Å²) in [6.07, 6.45) is 4.26. The van der Waals surface area contributed by atoms with Crippen LogP contribution in [0.25, 0.3) is 0 Å². The van der Waals surface area contributed by atoms with Gasteiger partial charge < -0.3 is 10.7 Å². The predicted octanol–water partition coefficient (Wildman–Crippen LogP) is 0.533. The van der Waals surface area contributed by atoms with Gasteiger partial charge in [-0.2, -0.15) is 0 Å². The number of carbonyl (C=O) groups is 1. The van der Waals surface area contributed by atoms with Gasteiger partial charge in [0.1, 0.15) is 12.0 Å². The summed E-state index contributed by atoms with van der Waals surface area (Å²) in [6.45, 7) is 0. The molecule has 3 N–H and O–H groups in total. The molecule has 0 aromatic carbocycles. The van der Waals surface area contributed by atoms with Crippen LogP contribution in [0.4, 0.5) is 5.82 Å². The maximum atomic E-state index is 11.1. The van der Waals surface area contributed by atoms with Crippen LogP contribution in [-0.4, -0.2) is 22.0 Å². The van der Waals surface area contributed by atoms with Gasteiger partial charge in [0, 0.05) is 18.2 Å². The van der Waals surface area contributed by atoms with Crippen molar-refractivity contribution in [3.8, 4) is 0 Å². The van der Waals surface area contributed by atoms with E-state index in [4.69, 9.17) is 5.73 Å². The quantitative estimate of drug-likeness (QED) is 0.559. The summed E-state index contributed by atoms with van der Waals surface area (Å²) >= 11 is 0. The fraction of sp³-hybridized carbons (Fsp3) is 0.111. The van der Waals surface area contributed by atoms with Crippen molar-refractivity contribution in [2.24, 2.45) is 10.7 Å². The Hall–Kier alpha value is -2.44. The Bertz CT molecular complexity index is 527. The molecule has 0 spiro atoms. The molecule has 0 aliphatic carbocycles. The molecule has 1 aromatic rings. The Balaban J connectivity index is 2.44. The molecular formula is C9H8N4O3. The molecule has 0 radical (unpaired) electrons. The third-order valence-corrected chi connectivity index (χ3v) is 2.28. The summed E-state index contributed by atoms with van der Waals surface area (Å²) in [4.78, 5) is 27.7. The number of carbonyl (C=O) groups excluding carboxylic acids is 1. The van der Waals surface area contributed by atoms with Gasteiger partial charge in [-0.25, -0.2) is 4.99 Å². The molecule has 0 atom stereocenters. The van der Waals surface area contributed by atoms with E-state index in [9.17, 15) is 14.9 Å². The molecule has 7 nitrogen and oxygen atoms in total. The standard InChI is InChI=1S/C9H8N4O3/c10-8(14)7-4-12-9-6(7)2-1-5(3-11-9)13(15)16/h1,3-4,12H,2H2,(H2,10,14). The van der Waals surface area contributed by atoms with E-state index >= 15 is 0 Å². The number of fused-ring (bicyclic) bond motifs is 1. The van der Waals surface area contributed by atoms with Gasteiger partial charge >= 0.3 is 0 Å². The van der Waals surface area contributed by atoms with Crippen LogP contribution in [0.1, 0.15) is 15.9 Å². The van der Waals surface area contributed by atoms with Gasteiger partial charge in [0.15, 0.2) is 0 Å². The molecule has 2 heterocycles. The van der Waals surface area contributed by atoms with Crippen LogP contribution >= 0.6 is 0 Å². The molecule has 0 saturated heterocycles. The number of nitrogens with one attached hydrogen (secondary N) is 1. The lowest BCUT2D eigenvalue weighted by molar-refractivity contribution is -0.414. The number of primary amides is 1. The van der Waals surface area contributed by atoms with Crippen LogP contribution in [0.15, 0.2) is 23.0 Å². The number of nitrogens with two attached hydrogens (primary N) is 1. The first-order valence-electron chi connectivity index (χ1n) is 4.48. The largest absolute Gasteiger partial charge is 0.366 e. The third-order valence-electron chi connectivity index (χ3n) is 2.28. The minimum atomic E-state index is -0.578. The van der Waals surface area contributed by atoms with Crippen LogP contribution in [0, 0.1) is 10.1 Å². The number of nitrogens with zero attached hydrogens (tertiary/aromatic N) is 2. The Kier molecular flexibility index (Phi) is 2.28. The Morgan fingerprint density at radius 1 is 1.62 bits per heavy atom. The van der Waals surface area contributed by atoms with E-state index in [-0.39, 0.29) is 12.1 Å². The van der Waals surface area contributed by atoms with Crippen molar-refractivity contribution in [1.82, 2.24) is 4.98 Å². The number of amides is 1. The number of nitro groups is 1. The second-order valence-electron chi connectivity index (χ2n) is 3.24. The molecule has 0 bridgehead atoms. The molecule has 2 rings (SSSR count). The lowest BCUT2D eigenvalue weighted by atomic mass is 10.1. The highest BCUT2D eigenvalue weighted by Crippen LogP contribution is 2.24. The van der Waals surface area contributed by atoms with Crippen molar-refractivity contribution in [3.63, 3.8) is 0 Å². The number of hydrogen-bond acceptors (Lipinski definition) is 4. The lowest BCUT2D eigenvalue weighted by Gasteiger charge is -1.95. The Morgan fingerprint density at radius 2 is 2.38 bits per heavy atom. The van der Waals surface area contributed by atoms with Crippen molar-refractivity contribution < 1.29 is 9.72 Å². The van der Waals surface area contributed by atoms with Gasteiger partial charge in [-0.05, 0) is 6.08 Å². The Labute approximate surface area is 89.8 Å². The zero-order valence-electron chi connectivity index (χ0n) is 8.14. The van der Waals surface area contributed by atoms with E-state index in [0.717, 1.165) is 6.21 Å². The molecule has 16 heavy (non-hydrogen) atoms. The first kappa shape index (κ1) is 10.1. The summed E-state index contributed by atoms with van der Waals surface area (Å²) in [6, 6.07) is 0. The Morgan fingerprint density at radius 3 is 3.00 bits per heavy atom. The summed E-state index contributed by atoms with van der Waals surface area (Å²) < 4.78 is 0. The zero-order chi connectivity index (χ0) is 11.7. The number of rotatable bonds is 2. The molecule has 1 aliphatic heterocycles. The second-order valence-corrected chi connectivity index (χ2v) is 3.24. The molecule has 1 aliphatic rings.